The van der Waals surface area contributed by atoms with E-state index in [4.69, 9.17) is 0 Å². The van der Waals surface area contributed by atoms with Crippen molar-refractivity contribution in [1.29, 1.82) is 0 Å². The maximum atomic E-state index is 12.3. The minimum atomic E-state index is -0.438. The summed E-state index contributed by atoms with van der Waals surface area (Å²) in [7, 11) is 0. The van der Waals surface area contributed by atoms with Crippen LogP contribution in [0, 0.1) is 10.1 Å². The third-order valence-electron chi connectivity index (χ3n) is 4.17. The van der Waals surface area contributed by atoms with Crippen molar-refractivity contribution in [3.63, 3.8) is 0 Å². The number of benzene rings is 3. The Balaban J connectivity index is 1.61. The molecule has 0 aliphatic rings. The van der Waals surface area contributed by atoms with Gasteiger partial charge >= 0.3 is 0 Å². The first-order chi connectivity index (χ1) is 13.1. The molecule has 1 N–H and O–H groups in total. The predicted octanol–water partition coefficient (Wildman–Crippen LogP) is 4.19. The fraction of sp³-hybridized carbons (Fsp3) is 0. The quantitative estimate of drug-likeness (QED) is 0.437. The standard InChI is InChI=1S/C20H14N4O3/c25-20(14-4-2-1-3-5-14)22-16-6-11-19-15(12-16)13-21-23(19)17-7-9-18(10-8-17)24(26)27/h1-13H,(H,22,25). The monoisotopic (exact) mass is 358 g/mol. The highest BCUT2D eigenvalue weighted by atomic mass is 16.6. The lowest BCUT2D eigenvalue weighted by Gasteiger charge is -2.07. The number of non-ortho nitro benzene ring substituents is 1. The lowest BCUT2D eigenvalue weighted by molar-refractivity contribution is -0.384. The molecule has 0 aliphatic heterocycles. The van der Waals surface area contributed by atoms with Gasteiger partial charge in [-0.1, -0.05) is 18.2 Å². The maximum absolute atomic E-state index is 12.3. The van der Waals surface area contributed by atoms with Gasteiger partial charge in [0.15, 0.2) is 0 Å². The summed E-state index contributed by atoms with van der Waals surface area (Å²) in [5.41, 5.74) is 2.83. The normalized spacial score (nSPS) is 10.7. The molecule has 0 atom stereocenters. The number of hydrogen-bond acceptors (Lipinski definition) is 4. The van der Waals surface area contributed by atoms with Crippen molar-refractivity contribution < 1.29 is 9.72 Å². The van der Waals surface area contributed by atoms with Crippen molar-refractivity contribution in [2.24, 2.45) is 0 Å². The number of nitro groups is 1. The summed E-state index contributed by atoms with van der Waals surface area (Å²) in [6.07, 6.45) is 1.69. The van der Waals surface area contributed by atoms with Gasteiger partial charge in [0, 0.05) is 28.8 Å². The summed E-state index contributed by atoms with van der Waals surface area (Å²) >= 11 is 0. The predicted molar refractivity (Wildman–Crippen MR) is 102 cm³/mol. The zero-order valence-corrected chi connectivity index (χ0v) is 14.1. The third-order valence-corrected chi connectivity index (χ3v) is 4.17. The van der Waals surface area contributed by atoms with Gasteiger partial charge in [0.05, 0.1) is 22.3 Å². The van der Waals surface area contributed by atoms with Crippen LogP contribution in [0.25, 0.3) is 16.6 Å². The van der Waals surface area contributed by atoms with Crippen molar-refractivity contribution in [3.05, 3.63) is 94.7 Å². The average molecular weight is 358 g/mol. The maximum Gasteiger partial charge on any atom is 0.269 e. The van der Waals surface area contributed by atoms with E-state index in [1.165, 1.54) is 12.1 Å². The largest absolute Gasteiger partial charge is 0.322 e. The highest BCUT2D eigenvalue weighted by Crippen LogP contribution is 2.23. The average Bonchev–Trinajstić information content (AvgIpc) is 3.12. The van der Waals surface area contributed by atoms with Gasteiger partial charge in [0.2, 0.25) is 0 Å². The minimum Gasteiger partial charge on any atom is -0.322 e. The molecule has 27 heavy (non-hydrogen) atoms. The van der Waals surface area contributed by atoms with Crippen LogP contribution in [0.4, 0.5) is 11.4 Å². The van der Waals surface area contributed by atoms with Gasteiger partial charge in [-0.2, -0.15) is 5.10 Å². The lowest BCUT2D eigenvalue weighted by Crippen LogP contribution is -2.11. The molecule has 0 unspecified atom stereocenters. The van der Waals surface area contributed by atoms with Crippen molar-refractivity contribution in [3.8, 4) is 5.69 Å². The Bertz CT molecular complexity index is 1140. The second-order valence-electron chi connectivity index (χ2n) is 5.92. The number of fused-ring (bicyclic) bond motifs is 1. The van der Waals surface area contributed by atoms with Crippen LogP contribution in [0.2, 0.25) is 0 Å². The molecular formula is C20H14N4O3. The molecule has 1 aromatic heterocycles. The molecule has 0 radical (unpaired) electrons. The number of amides is 1. The van der Waals surface area contributed by atoms with Crippen LogP contribution in [0.3, 0.4) is 0 Å². The molecule has 0 saturated carbocycles. The molecule has 0 saturated heterocycles. The number of rotatable bonds is 4. The SMILES string of the molecule is O=C(Nc1ccc2c(cnn2-c2ccc([N+](=O)[O-])cc2)c1)c1ccccc1. The smallest absolute Gasteiger partial charge is 0.269 e. The number of hydrogen-bond donors (Lipinski definition) is 1. The summed E-state index contributed by atoms with van der Waals surface area (Å²) in [6.45, 7) is 0. The van der Waals surface area contributed by atoms with Gasteiger partial charge in [-0.05, 0) is 42.5 Å². The Morgan fingerprint density at radius 1 is 1.00 bits per heavy atom. The first kappa shape index (κ1) is 16.5. The minimum absolute atomic E-state index is 0.0288. The van der Waals surface area contributed by atoms with Crippen LogP contribution < -0.4 is 5.32 Å². The first-order valence-corrected chi connectivity index (χ1v) is 8.21. The topological polar surface area (TPSA) is 90.1 Å². The zero-order chi connectivity index (χ0) is 18.8. The molecule has 0 spiro atoms. The highest BCUT2D eigenvalue weighted by molar-refractivity contribution is 6.05. The summed E-state index contributed by atoms with van der Waals surface area (Å²) in [5.74, 6) is -0.183. The molecule has 0 aliphatic carbocycles. The number of nitrogens with one attached hydrogen (secondary N) is 1. The Morgan fingerprint density at radius 2 is 1.74 bits per heavy atom. The van der Waals surface area contributed by atoms with Crippen LogP contribution >= 0.6 is 0 Å². The molecule has 132 valence electrons. The fourth-order valence-corrected chi connectivity index (χ4v) is 2.82. The number of aromatic nitrogens is 2. The molecule has 3 aromatic carbocycles. The Labute approximate surface area is 154 Å². The number of anilines is 1. The van der Waals surface area contributed by atoms with E-state index in [2.05, 4.69) is 10.4 Å². The second-order valence-corrected chi connectivity index (χ2v) is 5.92. The summed E-state index contributed by atoms with van der Waals surface area (Å²) in [4.78, 5) is 22.6. The Morgan fingerprint density at radius 3 is 2.44 bits per heavy atom. The van der Waals surface area contributed by atoms with Crippen LogP contribution in [0.1, 0.15) is 10.4 Å². The molecule has 7 heteroatoms. The Kier molecular flexibility index (Phi) is 4.10. The summed E-state index contributed by atoms with van der Waals surface area (Å²) < 4.78 is 1.70. The summed E-state index contributed by atoms with van der Waals surface area (Å²) in [6, 6.07) is 20.6. The van der Waals surface area contributed by atoms with Crippen LogP contribution in [-0.4, -0.2) is 20.6 Å². The van der Waals surface area contributed by atoms with E-state index in [1.807, 2.05) is 30.3 Å². The fourth-order valence-electron chi connectivity index (χ4n) is 2.82. The molecule has 7 nitrogen and oxygen atoms in total. The number of nitro benzene ring substituents is 1. The van der Waals surface area contributed by atoms with E-state index in [9.17, 15) is 14.9 Å². The first-order valence-electron chi connectivity index (χ1n) is 8.21. The number of carbonyl (C=O) groups excluding carboxylic acids is 1. The van der Waals surface area contributed by atoms with Gasteiger partial charge in [-0.3, -0.25) is 14.9 Å². The highest BCUT2D eigenvalue weighted by Gasteiger charge is 2.10. The van der Waals surface area contributed by atoms with Crippen LogP contribution in [0.15, 0.2) is 79.0 Å². The van der Waals surface area contributed by atoms with E-state index in [0.29, 0.717) is 11.3 Å². The van der Waals surface area contributed by atoms with Gasteiger partial charge in [-0.15, -0.1) is 0 Å². The van der Waals surface area contributed by atoms with Crippen molar-refractivity contribution in [1.82, 2.24) is 9.78 Å². The molecule has 0 bridgehead atoms. The van der Waals surface area contributed by atoms with Gasteiger partial charge in [-0.25, -0.2) is 4.68 Å². The van der Waals surface area contributed by atoms with Crippen molar-refractivity contribution >= 4 is 28.2 Å². The zero-order valence-electron chi connectivity index (χ0n) is 14.1. The number of carbonyl (C=O) groups is 1. The van der Waals surface area contributed by atoms with Crippen LogP contribution in [0.5, 0.6) is 0 Å². The Hall–Kier alpha value is -4.00. The van der Waals surface area contributed by atoms with Gasteiger partial charge < -0.3 is 5.32 Å². The lowest BCUT2D eigenvalue weighted by atomic mass is 10.2. The number of nitrogens with zero attached hydrogens (tertiary/aromatic N) is 3. The van der Waals surface area contributed by atoms with Crippen LogP contribution in [-0.2, 0) is 0 Å². The molecule has 1 heterocycles. The second kappa shape index (κ2) is 6.72. The van der Waals surface area contributed by atoms with Gasteiger partial charge in [0.1, 0.15) is 0 Å². The van der Waals surface area contributed by atoms with E-state index in [-0.39, 0.29) is 11.6 Å². The van der Waals surface area contributed by atoms with E-state index in [0.717, 1.165) is 16.6 Å². The molecule has 0 fully saturated rings. The summed E-state index contributed by atoms with van der Waals surface area (Å²) in [5, 5.41) is 18.9. The van der Waals surface area contributed by atoms with E-state index in [1.54, 1.807) is 41.2 Å². The molecule has 4 aromatic rings. The van der Waals surface area contributed by atoms with E-state index < -0.39 is 4.92 Å². The van der Waals surface area contributed by atoms with Crippen molar-refractivity contribution in [2.75, 3.05) is 5.32 Å². The van der Waals surface area contributed by atoms with Crippen molar-refractivity contribution in [2.45, 2.75) is 0 Å². The molecule has 4 rings (SSSR count). The van der Waals surface area contributed by atoms with Gasteiger partial charge in [0.25, 0.3) is 11.6 Å². The molecular weight excluding hydrogens is 344 g/mol. The third kappa shape index (κ3) is 3.25. The molecule has 1 amide bonds. The van der Waals surface area contributed by atoms with E-state index >= 15 is 0 Å².